The molecule has 2 heterocycles. The molecular formula is C12H14FN7O3. The van der Waals surface area contributed by atoms with Gasteiger partial charge in [0, 0.05) is 7.05 Å². The standard InChI is InChI=1S/C12H14FN7O3/c1-7-10(11(13)18(3)17-7)5-14-16-12(21)8(2)19-6-9(4-15-19)20(22)23/h4-6,8H,1-3H3,(H,16,21)/b14-5-/t8-/m0/s1. The molecule has 0 bridgehead atoms. The van der Waals surface area contributed by atoms with E-state index in [1.165, 1.54) is 14.0 Å². The van der Waals surface area contributed by atoms with Crippen molar-refractivity contribution in [3.63, 3.8) is 0 Å². The van der Waals surface area contributed by atoms with Gasteiger partial charge in [0.15, 0.2) is 0 Å². The SMILES string of the molecule is Cc1nn(C)c(F)c1/C=N\NC(=O)[C@H](C)n1cc([N+](=O)[O-])cn1. The van der Waals surface area contributed by atoms with Crippen molar-refractivity contribution in [2.75, 3.05) is 0 Å². The first-order valence-electron chi connectivity index (χ1n) is 6.51. The number of amides is 1. The van der Waals surface area contributed by atoms with E-state index in [9.17, 15) is 19.3 Å². The minimum atomic E-state index is -0.819. The molecule has 0 aliphatic heterocycles. The molecule has 0 saturated heterocycles. The monoisotopic (exact) mass is 323 g/mol. The summed E-state index contributed by atoms with van der Waals surface area (Å²) >= 11 is 0. The van der Waals surface area contributed by atoms with Gasteiger partial charge in [-0.05, 0) is 13.8 Å². The van der Waals surface area contributed by atoms with Crippen LogP contribution >= 0.6 is 0 Å². The van der Waals surface area contributed by atoms with Gasteiger partial charge in [-0.2, -0.15) is 19.7 Å². The number of aryl methyl sites for hydroxylation is 2. The topological polar surface area (TPSA) is 120 Å². The van der Waals surface area contributed by atoms with Crippen LogP contribution in [-0.4, -0.2) is 36.6 Å². The molecule has 0 saturated carbocycles. The van der Waals surface area contributed by atoms with Crippen LogP contribution in [-0.2, 0) is 11.8 Å². The van der Waals surface area contributed by atoms with Gasteiger partial charge in [0.25, 0.3) is 5.91 Å². The molecule has 0 fully saturated rings. The molecule has 2 rings (SSSR count). The Morgan fingerprint density at radius 3 is 2.83 bits per heavy atom. The Morgan fingerprint density at radius 1 is 1.61 bits per heavy atom. The molecule has 1 atom stereocenters. The maximum Gasteiger partial charge on any atom is 0.307 e. The molecule has 0 aliphatic carbocycles. The molecule has 0 aromatic carbocycles. The fraction of sp³-hybridized carbons (Fsp3) is 0.333. The molecule has 2 aromatic heterocycles. The summed E-state index contributed by atoms with van der Waals surface area (Å²) in [4.78, 5) is 21.9. The normalized spacial score (nSPS) is 12.5. The van der Waals surface area contributed by atoms with Crippen molar-refractivity contribution in [1.29, 1.82) is 0 Å². The van der Waals surface area contributed by atoms with Crippen LogP contribution in [0.3, 0.4) is 0 Å². The van der Waals surface area contributed by atoms with Crippen LogP contribution < -0.4 is 5.43 Å². The number of nitrogens with zero attached hydrogens (tertiary/aromatic N) is 6. The van der Waals surface area contributed by atoms with E-state index >= 15 is 0 Å². The van der Waals surface area contributed by atoms with E-state index in [0.717, 1.165) is 28.0 Å². The van der Waals surface area contributed by atoms with Gasteiger partial charge in [0.1, 0.15) is 18.4 Å². The third-order valence-corrected chi connectivity index (χ3v) is 3.14. The van der Waals surface area contributed by atoms with Crippen LogP contribution in [0.2, 0.25) is 0 Å². The smallest absolute Gasteiger partial charge is 0.271 e. The lowest BCUT2D eigenvalue weighted by Gasteiger charge is -2.08. The minimum Gasteiger partial charge on any atom is -0.271 e. The number of hydrazone groups is 1. The Balaban J connectivity index is 2.03. The van der Waals surface area contributed by atoms with Crippen molar-refractivity contribution >= 4 is 17.8 Å². The molecule has 11 heteroatoms. The van der Waals surface area contributed by atoms with Crippen molar-refractivity contribution in [3.8, 4) is 0 Å². The summed E-state index contributed by atoms with van der Waals surface area (Å²) in [7, 11) is 1.45. The predicted molar refractivity (Wildman–Crippen MR) is 77.2 cm³/mol. The quantitative estimate of drug-likeness (QED) is 0.493. The Bertz CT molecular complexity index is 780. The second-order valence-electron chi connectivity index (χ2n) is 4.76. The first kappa shape index (κ1) is 16.3. The second-order valence-corrected chi connectivity index (χ2v) is 4.76. The van der Waals surface area contributed by atoms with Gasteiger partial charge in [-0.15, -0.1) is 0 Å². The van der Waals surface area contributed by atoms with Gasteiger partial charge >= 0.3 is 5.69 Å². The summed E-state index contributed by atoms with van der Waals surface area (Å²) in [5.41, 5.74) is 2.60. The van der Waals surface area contributed by atoms with Crippen molar-refractivity contribution in [2.45, 2.75) is 19.9 Å². The highest BCUT2D eigenvalue weighted by atomic mass is 19.1. The maximum atomic E-state index is 13.7. The highest BCUT2D eigenvalue weighted by Crippen LogP contribution is 2.13. The van der Waals surface area contributed by atoms with Crippen LogP contribution in [0, 0.1) is 23.0 Å². The summed E-state index contributed by atoms with van der Waals surface area (Å²) in [6.45, 7) is 3.11. The minimum absolute atomic E-state index is 0.162. The molecule has 0 unspecified atom stereocenters. The zero-order valence-corrected chi connectivity index (χ0v) is 12.6. The summed E-state index contributed by atoms with van der Waals surface area (Å²) < 4.78 is 15.9. The Hall–Kier alpha value is -3.11. The van der Waals surface area contributed by atoms with Crippen molar-refractivity contribution in [3.05, 3.63) is 39.7 Å². The lowest BCUT2D eigenvalue weighted by molar-refractivity contribution is -0.385. The van der Waals surface area contributed by atoms with Crippen LogP contribution in [0.15, 0.2) is 17.5 Å². The number of halogens is 1. The van der Waals surface area contributed by atoms with Gasteiger partial charge in [0.05, 0.1) is 22.4 Å². The summed E-state index contributed by atoms with van der Waals surface area (Å²) in [5, 5.41) is 21.9. The molecule has 2 aromatic rings. The van der Waals surface area contributed by atoms with Crippen LogP contribution in [0.4, 0.5) is 10.1 Å². The van der Waals surface area contributed by atoms with E-state index in [0.29, 0.717) is 5.69 Å². The van der Waals surface area contributed by atoms with E-state index in [-0.39, 0.29) is 11.3 Å². The Labute approximate surface area is 129 Å². The number of nitrogens with one attached hydrogen (secondary N) is 1. The van der Waals surface area contributed by atoms with Crippen molar-refractivity contribution in [1.82, 2.24) is 25.0 Å². The van der Waals surface area contributed by atoms with E-state index < -0.39 is 22.8 Å². The fourth-order valence-corrected chi connectivity index (χ4v) is 1.80. The molecule has 23 heavy (non-hydrogen) atoms. The first-order chi connectivity index (χ1) is 10.8. The molecule has 10 nitrogen and oxygen atoms in total. The van der Waals surface area contributed by atoms with Gasteiger partial charge in [0.2, 0.25) is 5.95 Å². The maximum absolute atomic E-state index is 13.7. The number of carbonyl (C=O) groups excluding carboxylic acids is 1. The van der Waals surface area contributed by atoms with E-state index in [2.05, 4.69) is 20.7 Å². The van der Waals surface area contributed by atoms with Gasteiger partial charge in [-0.3, -0.25) is 19.6 Å². The average Bonchev–Trinajstić information content (AvgIpc) is 3.07. The number of hydrogen-bond acceptors (Lipinski definition) is 6. The zero-order chi connectivity index (χ0) is 17.1. The largest absolute Gasteiger partial charge is 0.307 e. The van der Waals surface area contributed by atoms with Gasteiger partial charge in [-0.25, -0.2) is 10.1 Å². The first-order valence-corrected chi connectivity index (χ1v) is 6.51. The van der Waals surface area contributed by atoms with Gasteiger partial charge in [-0.1, -0.05) is 0 Å². The molecular weight excluding hydrogens is 309 g/mol. The highest BCUT2D eigenvalue weighted by molar-refractivity contribution is 5.84. The van der Waals surface area contributed by atoms with Gasteiger partial charge < -0.3 is 0 Å². The number of aromatic nitrogens is 4. The number of carbonyl (C=O) groups is 1. The van der Waals surface area contributed by atoms with E-state index in [1.54, 1.807) is 6.92 Å². The molecule has 122 valence electrons. The van der Waals surface area contributed by atoms with Crippen molar-refractivity contribution < 1.29 is 14.1 Å². The number of nitro groups is 1. The van der Waals surface area contributed by atoms with Crippen molar-refractivity contribution in [2.24, 2.45) is 12.1 Å². The average molecular weight is 323 g/mol. The lowest BCUT2D eigenvalue weighted by Crippen LogP contribution is -2.27. The lowest BCUT2D eigenvalue weighted by atomic mass is 10.3. The highest BCUT2D eigenvalue weighted by Gasteiger charge is 2.19. The number of rotatable bonds is 5. The van der Waals surface area contributed by atoms with Crippen LogP contribution in [0.5, 0.6) is 0 Å². The number of hydrogen-bond donors (Lipinski definition) is 1. The molecule has 0 radical (unpaired) electrons. The molecule has 0 spiro atoms. The van der Waals surface area contributed by atoms with Crippen LogP contribution in [0.1, 0.15) is 24.2 Å². The third-order valence-electron chi connectivity index (χ3n) is 3.14. The molecule has 1 N–H and O–H groups in total. The van der Waals surface area contributed by atoms with E-state index in [4.69, 9.17) is 0 Å². The Morgan fingerprint density at radius 2 is 2.30 bits per heavy atom. The fourth-order valence-electron chi connectivity index (χ4n) is 1.80. The zero-order valence-electron chi connectivity index (χ0n) is 12.6. The predicted octanol–water partition coefficient (Wildman–Crippen LogP) is 0.684. The molecule has 1 amide bonds. The summed E-state index contributed by atoms with van der Waals surface area (Å²) in [6.07, 6.45) is 3.33. The molecule has 0 aliphatic rings. The van der Waals surface area contributed by atoms with E-state index in [1.807, 2.05) is 0 Å². The summed E-state index contributed by atoms with van der Waals surface area (Å²) in [6, 6.07) is -0.819. The van der Waals surface area contributed by atoms with Crippen LogP contribution in [0.25, 0.3) is 0 Å². The summed E-state index contributed by atoms with van der Waals surface area (Å²) in [5.74, 6) is -1.13. The second kappa shape index (κ2) is 6.34. The Kier molecular flexibility index (Phi) is 4.48. The third kappa shape index (κ3) is 3.39.